The summed E-state index contributed by atoms with van der Waals surface area (Å²) in [4.78, 5) is 4.42. The molecule has 0 fully saturated rings. The summed E-state index contributed by atoms with van der Waals surface area (Å²) >= 11 is 1.46. The monoisotopic (exact) mass is 281 g/mol. The number of thiazole rings is 1. The van der Waals surface area contributed by atoms with E-state index in [1.807, 2.05) is 6.07 Å². The summed E-state index contributed by atoms with van der Waals surface area (Å²) in [6.45, 7) is 1.27. The van der Waals surface area contributed by atoms with Gasteiger partial charge in [0.2, 0.25) is 0 Å². The quantitative estimate of drug-likeness (QED) is 0.789. The Labute approximate surface area is 116 Å². The third kappa shape index (κ3) is 2.97. The van der Waals surface area contributed by atoms with Crippen LogP contribution in [0.3, 0.4) is 0 Å². The summed E-state index contributed by atoms with van der Waals surface area (Å²) in [5, 5.41) is 0.567. The molecule has 1 aromatic carbocycles. The molecule has 6 heteroatoms. The topological polar surface area (TPSA) is 83.4 Å². The molecule has 19 heavy (non-hydrogen) atoms. The number of fused-ring (bicyclic) bond motifs is 1. The lowest BCUT2D eigenvalue weighted by Gasteiger charge is -2.13. The summed E-state index contributed by atoms with van der Waals surface area (Å²) in [5.41, 5.74) is 15.9. The van der Waals surface area contributed by atoms with Gasteiger partial charge in [0.05, 0.1) is 23.4 Å². The molecule has 0 atom stereocenters. The molecule has 1 aromatic heterocycles. The lowest BCUT2D eigenvalue weighted by Crippen LogP contribution is -2.07. The molecule has 0 amide bonds. The van der Waals surface area contributed by atoms with Gasteiger partial charge in [-0.1, -0.05) is 11.3 Å². The van der Waals surface area contributed by atoms with E-state index < -0.39 is 0 Å². The fraction of sp³-hybridized carbons (Fsp3) is 0.462. The van der Waals surface area contributed by atoms with Crippen molar-refractivity contribution in [1.82, 2.24) is 4.98 Å². The summed E-state index contributed by atoms with van der Waals surface area (Å²) in [6, 6.07) is 1.95. The summed E-state index contributed by atoms with van der Waals surface area (Å²) < 4.78 is 11.4. The highest BCUT2D eigenvalue weighted by Gasteiger charge is 2.15. The molecule has 0 radical (unpaired) electrons. The van der Waals surface area contributed by atoms with Crippen LogP contribution in [0.4, 0.5) is 10.8 Å². The molecule has 2 aromatic rings. The number of methoxy groups -OCH3 is 2. The van der Waals surface area contributed by atoms with Gasteiger partial charge < -0.3 is 20.9 Å². The fourth-order valence-corrected chi connectivity index (χ4v) is 3.00. The van der Waals surface area contributed by atoms with Gasteiger partial charge in [-0.05, 0) is 30.0 Å². The molecule has 0 spiro atoms. The predicted molar refractivity (Wildman–Crippen MR) is 79.6 cm³/mol. The maximum Gasteiger partial charge on any atom is 0.181 e. The molecule has 2 rings (SSSR count). The Morgan fingerprint density at radius 3 is 2.37 bits per heavy atom. The van der Waals surface area contributed by atoms with E-state index in [0.29, 0.717) is 18.3 Å². The number of hydrogen-bond acceptors (Lipinski definition) is 6. The Morgan fingerprint density at radius 2 is 1.74 bits per heavy atom. The van der Waals surface area contributed by atoms with E-state index in [2.05, 4.69) is 4.98 Å². The lowest BCUT2D eigenvalue weighted by molar-refractivity contribution is 0.198. The van der Waals surface area contributed by atoms with Crippen LogP contribution < -0.4 is 11.5 Å². The van der Waals surface area contributed by atoms with Crippen molar-refractivity contribution in [1.29, 1.82) is 0 Å². The van der Waals surface area contributed by atoms with Gasteiger partial charge in [-0.25, -0.2) is 4.98 Å². The van der Waals surface area contributed by atoms with E-state index in [1.165, 1.54) is 11.3 Å². The highest BCUT2D eigenvalue weighted by molar-refractivity contribution is 7.22. The number of aromatic nitrogens is 1. The number of ether oxygens (including phenoxy) is 2. The average Bonchev–Trinajstić information content (AvgIpc) is 2.74. The van der Waals surface area contributed by atoms with Gasteiger partial charge in [0.1, 0.15) is 0 Å². The van der Waals surface area contributed by atoms with E-state index in [0.717, 1.165) is 39.9 Å². The van der Waals surface area contributed by atoms with Gasteiger partial charge in [0.25, 0.3) is 0 Å². The van der Waals surface area contributed by atoms with Crippen LogP contribution in [0.5, 0.6) is 0 Å². The van der Waals surface area contributed by atoms with Crippen LogP contribution >= 0.6 is 11.3 Å². The van der Waals surface area contributed by atoms with Crippen LogP contribution in [-0.4, -0.2) is 32.4 Å². The van der Waals surface area contributed by atoms with Crippen LogP contribution in [0.25, 0.3) is 10.2 Å². The van der Waals surface area contributed by atoms with E-state index in [1.54, 1.807) is 14.2 Å². The lowest BCUT2D eigenvalue weighted by atomic mass is 9.99. The summed E-state index contributed by atoms with van der Waals surface area (Å²) in [7, 11) is 3.37. The third-order valence-corrected chi connectivity index (χ3v) is 3.90. The van der Waals surface area contributed by atoms with Crippen molar-refractivity contribution in [2.24, 2.45) is 0 Å². The highest BCUT2D eigenvalue weighted by Crippen LogP contribution is 2.33. The average molecular weight is 281 g/mol. The second-order valence-corrected chi connectivity index (χ2v) is 5.37. The Hall–Kier alpha value is -1.37. The highest BCUT2D eigenvalue weighted by atomic mass is 32.1. The molecular weight excluding hydrogens is 262 g/mol. The van der Waals surface area contributed by atoms with E-state index in [-0.39, 0.29) is 0 Å². The van der Waals surface area contributed by atoms with Gasteiger partial charge in [-0.3, -0.25) is 0 Å². The first-order chi connectivity index (χ1) is 9.17. The number of nitrogen functional groups attached to an aromatic ring is 2. The number of benzene rings is 1. The van der Waals surface area contributed by atoms with Gasteiger partial charge >= 0.3 is 0 Å². The Kier molecular flexibility index (Phi) is 4.57. The van der Waals surface area contributed by atoms with Gasteiger partial charge in [-0.2, -0.15) is 0 Å². The van der Waals surface area contributed by atoms with E-state index in [9.17, 15) is 0 Å². The molecular formula is C13H19N3O2S. The maximum atomic E-state index is 6.15. The van der Waals surface area contributed by atoms with Crippen LogP contribution in [-0.2, 0) is 22.3 Å². The number of rotatable bonds is 6. The predicted octanol–water partition coefficient (Wildman–Crippen LogP) is 1.84. The minimum absolute atomic E-state index is 0.567. The van der Waals surface area contributed by atoms with E-state index in [4.69, 9.17) is 20.9 Å². The van der Waals surface area contributed by atoms with Crippen molar-refractivity contribution in [3.05, 3.63) is 17.2 Å². The standard InChI is InChI=1S/C13H19N3O2S/c1-17-5-3-8-9(4-6-18-2)12-11(7-10(8)14)19-13(15)16-12/h7H,3-6,14H2,1-2H3,(H2,15,16). The molecule has 5 nitrogen and oxygen atoms in total. The molecule has 0 unspecified atom stereocenters. The van der Waals surface area contributed by atoms with Crippen LogP contribution in [0.1, 0.15) is 11.1 Å². The molecule has 0 saturated carbocycles. The van der Waals surface area contributed by atoms with Crippen molar-refractivity contribution in [2.75, 3.05) is 38.9 Å². The van der Waals surface area contributed by atoms with Crippen molar-refractivity contribution < 1.29 is 9.47 Å². The molecule has 0 aliphatic heterocycles. The zero-order valence-corrected chi connectivity index (χ0v) is 12.0. The van der Waals surface area contributed by atoms with Gasteiger partial charge in [-0.15, -0.1) is 0 Å². The second kappa shape index (κ2) is 6.18. The zero-order valence-electron chi connectivity index (χ0n) is 11.2. The molecule has 4 N–H and O–H groups in total. The molecule has 0 aliphatic rings. The second-order valence-electron chi connectivity index (χ2n) is 4.31. The maximum absolute atomic E-state index is 6.15. The SMILES string of the molecule is COCCc1c(N)cc2sc(N)nc2c1CCOC. The normalized spacial score (nSPS) is 11.3. The molecule has 104 valence electrons. The minimum atomic E-state index is 0.567. The smallest absolute Gasteiger partial charge is 0.181 e. The first-order valence-corrected chi connectivity index (χ1v) is 6.93. The Balaban J connectivity index is 2.52. The molecule has 0 bridgehead atoms. The fourth-order valence-electron chi connectivity index (χ4n) is 2.18. The summed E-state index contributed by atoms with van der Waals surface area (Å²) in [5.74, 6) is 0. The summed E-state index contributed by atoms with van der Waals surface area (Å²) in [6.07, 6.45) is 1.55. The number of nitrogens with zero attached hydrogens (tertiary/aromatic N) is 1. The number of hydrogen-bond donors (Lipinski definition) is 2. The zero-order chi connectivity index (χ0) is 13.8. The van der Waals surface area contributed by atoms with E-state index >= 15 is 0 Å². The molecule has 0 aliphatic carbocycles. The molecule has 0 saturated heterocycles. The van der Waals surface area contributed by atoms with Crippen molar-refractivity contribution in [2.45, 2.75) is 12.8 Å². The Morgan fingerprint density at radius 1 is 1.11 bits per heavy atom. The minimum Gasteiger partial charge on any atom is -0.398 e. The van der Waals surface area contributed by atoms with Gasteiger partial charge in [0.15, 0.2) is 5.13 Å². The van der Waals surface area contributed by atoms with Crippen LogP contribution in [0.15, 0.2) is 6.07 Å². The van der Waals surface area contributed by atoms with Crippen LogP contribution in [0, 0.1) is 0 Å². The first-order valence-electron chi connectivity index (χ1n) is 6.11. The van der Waals surface area contributed by atoms with Crippen LogP contribution in [0.2, 0.25) is 0 Å². The molecule has 1 heterocycles. The van der Waals surface area contributed by atoms with Gasteiger partial charge in [0, 0.05) is 19.9 Å². The first kappa shape index (κ1) is 14.0. The van der Waals surface area contributed by atoms with Crippen molar-refractivity contribution in [3.63, 3.8) is 0 Å². The van der Waals surface area contributed by atoms with Crippen molar-refractivity contribution in [3.8, 4) is 0 Å². The Bertz CT molecular complexity index is 569. The number of anilines is 2. The third-order valence-electron chi connectivity index (χ3n) is 3.07. The largest absolute Gasteiger partial charge is 0.398 e. The number of nitrogens with two attached hydrogens (primary N) is 2. The van der Waals surface area contributed by atoms with Crippen molar-refractivity contribution >= 4 is 32.4 Å².